The predicted molar refractivity (Wildman–Crippen MR) is 157 cm³/mol. The van der Waals surface area contributed by atoms with Crippen LogP contribution in [-0.2, 0) is 9.59 Å². The molecule has 3 aromatic rings. The second-order valence-corrected chi connectivity index (χ2v) is 11.0. The summed E-state index contributed by atoms with van der Waals surface area (Å²) in [5, 5.41) is 3.57. The Bertz CT molecular complexity index is 1380. The molecule has 202 valence electrons. The Labute approximate surface area is 237 Å². The lowest BCUT2D eigenvalue weighted by atomic mass is 10.2. The molecule has 0 unspecified atom stereocenters. The third kappa shape index (κ3) is 6.82. The predicted octanol–water partition coefficient (Wildman–Crippen LogP) is 5.29. The van der Waals surface area contributed by atoms with E-state index in [1.54, 1.807) is 23.1 Å². The van der Waals surface area contributed by atoms with Crippen molar-refractivity contribution >= 4 is 52.6 Å². The van der Waals surface area contributed by atoms with Gasteiger partial charge in [0.25, 0.3) is 5.91 Å². The van der Waals surface area contributed by atoms with Gasteiger partial charge in [0.1, 0.15) is 12.4 Å². The van der Waals surface area contributed by atoms with Crippen molar-refractivity contribution < 1.29 is 14.0 Å². The number of anilines is 2. The minimum atomic E-state index is -0.207. The van der Waals surface area contributed by atoms with Crippen LogP contribution in [0.3, 0.4) is 0 Å². The highest BCUT2D eigenvalue weighted by Gasteiger charge is 2.30. The number of carbonyl (C=O) groups is 2. The maximum absolute atomic E-state index is 14.1. The minimum Gasteiger partial charge on any atom is -0.367 e. The monoisotopic (exact) mass is 564 g/mol. The van der Waals surface area contributed by atoms with E-state index in [1.807, 2.05) is 54.6 Å². The van der Waals surface area contributed by atoms with Crippen LogP contribution >= 0.6 is 23.4 Å². The first-order valence-electron chi connectivity index (χ1n) is 13.0. The van der Waals surface area contributed by atoms with Crippen molar-refractivity contribution in [3.63, 3.8) is 0 Å². The highest BCUT2D eigenvalue weighted by molar-refractivity contribution is 8.04. The fourth-order valence-corrected chi connectivity index (χ4v) is 6.08. The van der Waals surface area contributed by atoms with E-state index < -0.39 is 0 Å². The summed E-state index contributed by atoms with van der Waals surface area (Å²) in [5.74, 6) is -0.591. The van der Waals surface area contributed by atoms with Crippen molar-refractivity contribution in [2.24, 2.45) is 0 Å². The molecule has 2 heterocycles. The first-order valence-corrected chi connectivity index (χ1v) is 14.2. The van der Waals surface area contributed by atoms with E-state index in [1.165, 1.54) is 17.8 Å². The molecule has 0 spiro atoms. The average Bonchev–Trinajstić information content (AvgIpc) is 2.94. The summed E-state index contributed by atoms with van der Waals surface area (Å²) in [6, 6.07) is 21.8. The topological polar surface area (TPSA) is 55.9 Å². The third-order valence-electron chi connectivity index (χ3n) is 6.82. The van der Waals surface area contributed by atoms with Crippen LogP contribution in [-0.4, -0.2) is 62.5 Å². The van der Waals surface area contributed by atoms with Gasteiger partial charge in [-0.15, -0.1) is 0 Å². The normalized spacial score (nSPS) is 16.9. The van der Waals surface area contributed by atoms with E-state index in [4.69, 9.17) is 11.6 Å². The van der Waals surface area contributed by atoms with Crippen LogP contribution < -0.4 is 15.1 Å². The van der Waals surface area contributed by atoms with Gasteiger partial charge < -0.3 is 10.2 Å². The average molecular weight is 565 g/mol. The summed E-state index contributed by atoms with van der Waals surface area (Å²) in [6.07, 6.45) is 2.61. The SMILES string of the molecule is O=C(CN1C(=O)C(=Cc2cccc(Cl)c2)Sc2ccccc21)NCCCN1CCN(c2ccccc2F)CC1. The van der Waals surface area contributed by atoms with Gasteiger partial charge in [-0.2, -0.15) is 0 Å². The summed E-state index contributed by atoms with van der Waals surface area (Å²) in [6.45, 7) is 4.56. The number of halogens is 2. The van der Waals surface area contributed by atoms with Gasteiger partial charge in [0.05, 0.1) is 16.3 Å². The largest absolute Gasteiger partial charge is 0.367 e. The number of benzene rings is 3. The molecule has 9 heteroatoms. The van der Waals surface area contributed by atoms with Gasteiger partial charge in [-0.1, -0.05) is 59.8 Å². The van der Waals surface area contributed by atoms with Crippen molar-refractivity contribution in [3.05, 3.63) is 94.1 Å². The Morgan fingerprint density at radius 2 is 1.72 bits per heavy atom. The van der Waals surface area contributed by atoms with Crippen LogP contribution in [0.2, 0.25) is 5.02 Å². The molecule has 39 heavy (non-hydrogen) atoms. The Morgan fingerprint density at radius 1 is 0.974 bits per heavy atom. The lowest BCUT2D eigenvalue weighted by Crippen LogP contribution is -2.47. The number of rotatable bonds is 8. The maximum atomic E-state index is 14.1. The molecular formula is C30H30ClFN4O2S. The Hall–Kier alpha value is -3.33. The van der Waals surface area contributed by atoms with Crippen LogP contribution in [0.15, 0.2) is 82.6 Å². The molecule has 2 aliphatic rings. The number of nitrogens with one attached hydrogen (secondary N) is 1. The quantitative estimate of drug-likeness (QED) is 0.298. The number of nitrogens with zero attached hydrogens (tertiary/aromatic N) is 3. The fourth-order valence-electron chi connectivity index (χ4n) is 4.82. The Morgan fingerprint density at radius 3 is 2.49 bits per heavy atom. The lowest BCUT2D eigenvalue weighted by molar-refractivity contribution is -0.122. The summed E-state index contributed by atoms with van der Waals surface area (Å²) < 4.78 is 14.1. The number of amides is 2. The van der Waals surface area contributed by atoms with Crippen LogP contribution in [0, 0.1) is 5.82 Å². The number of hydrogen-bond donors (Lipinski definition) is 1. The number of carbonyl (C=O) groups excluding carboxylic acids is 2. The van der Waals surface area contributed by atoms with Gasteiger partial charge in [-0.3, -0.25) is 19.4 Å². The van der Waals surface area contributed by atoms with E-state index in [9.17, 15) is 14.0 Å². The molecule has 2 amide bonds. The van der Waals surface area contributed by atoms with Gasteiger partial charge in [-0.25, -0.2) is 4.39 Å². The van der Waals surface area contributed by atoms with E-state index in [-0.39, 0.29) is 24.2 Å². The summed E-state index contributed by atoms with van der Waals surface area (Å²) in [5.41, 5.74) is 2.22. The lowest BCUT2D eigenvalue weighted by Gasteiger charge is -2.36. The van der Waals surface area contributed by atoms with Gasteiger partial charge >= 0.3 is 0 Å². The maximum Gasteiger partial charge on any atom is 0.265 e. The molecule has 5 rings (SSSR count). The van der Waals surface area contributed by atoms with Gasteiger partial charge in [-0.05, 0) is 61.0 Å². The van der Waals surface area contributed by atoms with Gasteiger partial charge in [0.15, 0.2) is 0 Å². The zero-order valence-electron chi connectivity index (χ0n) is 21.5. The molecule has 1 saturated heterocycles. The molecule has 0 aliphatic carbocycles. The molecule has 0 saturated carbocycles. The van der Waals surface area contributed by atoms with E-state index >= 15 is 0 Å². The first-order chi connectivity index (χ1) is 19.0. The number of para-hydroxylation sites is 2. The summed E-state index contributed by atoms with van der Waals surface area (Å²) >= 11 is 7.52. The van der Waals surface area contributed by atoms with Crippen molar-refractivity contribution in [2.75, 3.05) is 55.6 Å². The fraction of sp³-hybridized carbons (Fsp3) is 0.267. The number of thioether (sulfide) groups is 1. The summed E-state index contributed by atoms with van der Waals surface area (Å²) in [4.78, 5) is 33.7. The molecular weight excluding hydrogens is 535 g/mol. The Balaban J connectivity index is 1.12. The molecule has 3 aromatic carbocycles. The van der Waals surface area contributed by atoms with Crippen LogP contribution in [0.1, 0.15) is 12.0 Å². The van der Waals surface area contributed by atoms with E-state index in [0.29, 0.717) is 22.2 Å². The number of fused-ring (bicyclic) bond motifs is 1. The van der Waals surface area contributed by atoms with Crippen LogP contribution in [0.4, 0.5) is 15.8 Å². The second-order valence-electron chi connectivity index (χ2n) is 9.51. The number of hydrogen-bond acceptors (Lipinski definition) is 5. The molecule has 0 atom stereocenters. The summed E-state index contributed by atoms with van der Waals surface area (Å²) in [7, 11) is 0. The highest BCUT2D eigenvalue weighted by atomic mass is 35.5. The minimum absolute atomic E-state index is 0.0510. The zero-order valence-corrected chi connectivity index (χ0v) is 23.1. The smallest absolute Gasteiger partial charge is 0.265 e. The second kappa shape index (κ2) is 12.7. The van der Waals surface area contributed by atoms with Crippen LogP contribution in [0.25, 0.3) is 6.08 Å². The van der Waals surface area contributed by atoms with E-state index in [0.717, 1.165) is 55.3 Å². The molecule has 2 aliphatic heterocycles. The van der Waals surface area contributed by atoms with Crippen molar-refractivity contribution in [1.82, 2.24) is 10.2 Å². The van der Waals surface area contributed by atoms with Gasteiger partial charge in [0.2, 0.25) is 5.91 Å². The Kier molecular flexibility index (Phi) is 8.86. The molecule has 1 fully saturated rings. The van der Waals surface area contributed by atoms with Crippen molar-refractivity contribution in [3.8, 4) is 0 Å². The molecule has 0 radical (unpaired) electrons. The molecule has 0 bridgehead atoms. The molecule has 1 N–H and O–H groups in total. The van der Waals surface area contributed by atoms with Crippen molar-refractivity contribution in [2.45, 2.75) is 11.3 Å². The molecule has 6 nitrogen and oxygen atoms in total. The first kappa shape index (κ1) is 27.2. The van der Waals surface area contributed by atoms with Crippen molar-refractivity contribution in [1.29, 1.82) is 0 Å². The van der Waals surface area contributed by atoms with Gasteiger partial charge in [0, 0.05) is 42.6 Å². The molecule has 0 aromatic heterocycles. The third-order valence-corrected chi connectivity index (χ3v) is 8.13. The van der Waals surface area contributed by atoms with Crippen LogP contribution in [0.5, 0.6) is 0 Å². The van der Waals surface area contributed by atoms with E-state index in [2.05, 4.69) is 15.1 Å². The standard InChI is InChI=1S/C30H30ClFN4O2S/c31-23-8-5-7-22(19-23)20-28-30(38)36(26-11-3-4-12-27(26)39-28)21-29(37)33-13-6-14-34-15-17-35(18-16-34)25-10-2-1-9-24(25)32/h1-5,7-12,19-20H,6,13-18,21H2,(H,33,37). The number of piperazine rings is 1. The highest BCUT2D eigenvalue weighted by Crippen LogP contribution is 2.42. The zero-order chi connectivity index (χ0) is 27.2.